The van der Waals surface area contributed by atoms with E-state index in [0.29, 0.717) is 9.88 Å². The lowest BCUT2D eigenvalue weighted by Gasteiger charge is -2.10. The smallest absolute Gasteiger partial charge is 0.408 e. The minimum atomic E-state index is -1.07. The number of nitrogens with one attached hydrogen (secondary N) is 1. The van der Waals surface area contributed by atoms with Crippen LogP contribution in [-0.2, 0) is 4.74 Å². The molecule has 98 valence electrons. The minimum absolute atomic E-state index is 0.0168. The third-order valence-electron chi connectivity index (χ3n) is 2.05. The van der Waals surface area contributed by atoms with E-state index in [-0.39, 0.29) is 12.3 Å². The first kappa shape index (κ1) is 14.2. The second-order valence-electron chi connectivity index (χ2n) is 3.52. The van der Waals surface area contributed by atoms with Crippen LogP contribution in [0.3, 0.4) is 0 Å². The average Bonchev–Trinajstić information content (AvgIpc) is 2.68. The van der Waals surface area contributed by atoms with Crippen molar-refractivity contribution in [1.82, 2.24) is 10.3 Å². The van der Waals surface area contributed by atoms with Gasteiger partial charge in [0.25, 0.3) is 0 Å². The molecule has 18 heavy (non-hydrogen) atoms. The van der Waals surface area contributed by atoms with E-state index in [1.807, 2.05) is 0 Å². The summed E-state index contributed by atoms with van der Waals surface area (Å²) in [5.41, 5.74) is 0.0168. The zero-order valence-corrected chi connectivity index (χ0v) is 10.9. The van der Waals surface area contributed by atoms with E-state index < -0.39 is 18.1 Å². The lowest BCUT2D eigenvalue weighted by molar-refractivity contribution is 0.0690. The van der Waals surface area contributed by atoms with E-state index in [0.717, 1.165) is 0 Å². The van der Waals surface area contributed by atoms with Crippen molar-refractivity contribution in [2.75, 3.05) is 6.61 Å². The number of carbonyl (C=O) groups is 2. The van der Waals surface area contributed by atoms with Crippen LogP contribution in [0.1, 0.15) is 33.3 Å². The summed E-state index contributed by atoms with van der Waals surface area (Å²) < 4.78 is 4.76. The number of alkyl carbamates (subject to hydrolysis) is 1. The van der Waals surface area contributed by atoms with Gasteiger partial charge in [-0.25, -0.2) is 14.6 Å². The lowest BCUT2D eigenvalue weighted by Crippen LogP contribution is -2.27. The number of carbonyl (C=O) groups excluding carboxylic acids is 1. The zero-order valence-electron chi connectivity index (χ0n) is 10.1. The van der Waals surface area contributed by atoms with Crippen LogP contribution in [0.2, 0.25) is 0 Å². The third-order valence-corrected chi connectivity index (χ3v) is 3.21. The Hall–Kier alpha value is -1.89. The van der Waals surface area contributed by atoms with E-state index in [9.17, 15) is 9.59 Å². The van der Waals surface area contributed by atoms with Crippen molar-refractivity contribution in [2.45, 2.75) is 19.9 Å². The summed E-state index contributed by atoms with van der Waals surface area (Å²) in [5.74, 6) is -1.07. The molecule has 0 spiro atoms. The number of aryl methyl sites for hydroxylation is 1. The van der Waals surface area contributed by atoms with Crippen LogP contribution >= 0.6 is 11.3 Å². The first-order chi connectivity index (χ1) is 8.45. The first-order valence-electron chi connectivity index (χ1n) is 5.20. The van der Waals surface area contributed by atoms with E-state index >= 15 is 0 Å². The Morgan fingerprint density at radius 3 is 2.83 bits per heavy atom. The molecule has 0 saturated carbocycles. The van der Waals surface area contributed by atoms with E-state index in [1.165, 1.54) is 17.4 Å². The van der Waals surface area contributed by atoms with Crippen molar-refractivity contribution in [2.24, 2.45) is 0 Å². The number of hydrogen-bond acceptors (Lipinski definition) is 5. The first-order valence-corrected chi connectivity index (χ1v) is 6.02. The predicted molar refractivity (Wildman–Crippen MR) is 66.9 cm³/mol. The Morgan fingerprint density at radius 1 is 1.67 bits per heavy atom. The van der Waals surface area contributed by atoms with Crippen LogP contribution in [0.5, 0.6) is 0 Å². The Bertz CT molecular complexity index is 470. The highest BCUT2D eigenvalue weighted by molar-refractivity contribution is 7.11. The fourth-order valence-electron chi connectivity index (χ4n) is 1.22. The fourth-order valence-corrected chi connectivity index (χ4v) is 2.13. The Morgan fingerprint density at radius 2 is 2.33 bits per heavy atom. The van der Waals surface area contributed by atoms with E-state index in [2.05, 4.69) is 16.9 Å². The maximum atomic E-state index is 11.3. The molecule has 0 radical (unpaired) electrons. The highest BCUT2D eigenvalue weighted by Crippen LogP contribution is 2.23. The van der Waals surface area contributed by atoms with Crippen molar-refractivity contribution in [3.8, 4) is 0 Å². The molecule has 6 nitrogen and oxygen atoms in total. The standard InChI is InChI=1S/C11H14N2O4S/c1-4-5-17-11(16)12-6(2)9-13-8(10(14)15)7(3)18-9/h4,6H,1,5H2,2-3H3,(H,12,16)(H,14,15). The monoisotopic (exact) mass is 270 g/mol. The Balaban J connectivity index is 2.69. The summed E-state index contributed by atoms with van der Waals surface area (Å²) in [6, 6.07) is -0.404. The second kappa shape index (κ2) is 6.15. The number of nitrogens with zero attached hydrogens (tertiary/aromatic N) is 1. The molecule has 1 rings (SSSR count). The molecule has 1 atom stereocenters. The van der Waals surface area contributed by atoms with Gasteiger partial charge in [-0.3, -0.25) is 0 Å². The highest BCUT2D eigenvalue weighted by atomic mass is 32.1. The van der Waals surface area contributed by atoms with Crippen LogP contribution in [0.25, 0.3) is 0 Å². The van der Waals surface area contributed by atoms with Gasteiger partial charge in [0.2, 0.25) is 0 Å². The molecule has 0 fully saturated rings. The largest absolute Gasteiger partial charge is 0.476 e. The number of thiazole rings is 1. The molecule has 0 aliphatic rings. The molecule has 0 aliphatic carbocycles. The van der Waals surface area contributed by atoms with Crippen LogP contribution in [0.15, 0.2) is 12.7 Å². The van der Waals surface area contributed by atoms with Crippen molar-refractivity contribution in [3.05, 3.63) is 28.2 Å². The van der Waals surface area contributed by atoms with E-state index in [1.54, 1.807) is 13.8 Å². The number of ether oxygens (including phenoxy) is 1. The van der Waals surface area contributed by atoms with Crippen LogP contribution < -0.4 is 5.32 Å². The summed E-state index contributed by atoms with van der Waals surface area (Å²) in [4.78, 5) is 26.7. The van der Waals surface area contributed by atoms with Gasteiger partial charge in [0.05, 0.1) is 6.04 Å². The SMILES string of the molecule is C=CCOC(=O)NC(C)c1nc(C(=O)O)c(C)s1. The van der Waals surface area contributed by atoms with Crippen molar-refractivity contribution < 1.29 is 19.4 Å². The molecule has 0 aromatic carbocycles. The molecule has 0 aliphatic heterocycles. The maximum absolute atomic E-state index is 11.3. The molecule has 7 heteroatoms. The molecule has 1 aromatic heterocycles. The molecule has 0 saturated heterocycles. The van der Waals surface area contributed by atoms with E-state index in [4.69, 9.17) is 9.84 Å². The summed E-state index contributed by atoms with van der Waals surface area (Å²) in [5, 5.41) is 12.0. The lowest BCUT2D eigenvalue weighted by atomic mass is 10.3. The molecule has 2 N–H and O–H groups in total. The van der Waals surface area contributed by atoms with Gasteiger partial charge in [0, 0.05) is 4.88 Å². The number of carboxylic acids is 1. The van der Waals surface area contributed by atoms with Crippen LogP contribution in [0.4, 0.5) is 4.79 Å². The Labute approximate surface area is 108 Å². The van der Waals surface area contributed by atoms with Gasteiger partial charge < -0.3 is 15.2 Å². The number of amides is 1. The minimum Gasteiger partial charge on any atom is -0.476 e. The fraction of sp³-hybridized carbons (Fsp3) is 0.364. The van der Waals surface area contributed by atoms with Crippen molar-refractivity contribution >= 4 is 23.4 Å². The number of aromatic nitrogens is 1. The van der Waals surface area contributed by atoms with Gasteiger partial charge in [-0.2, -0.15) is 0 Å². The van der Waals surface area contributed by atoms with Gasteiger partial charge in [-0.05, 0) is 13.8 Å². The van der Waals surface area contributed by atoms with Crippen molar-refractivity contribution in [1.29, 1.82) is 0 Å². The number of hydrogen-bond donors (Lipinski definition) is 2. The molecule has 1 unspecified atom stereocenters. The quantitative estimate of drug-likeness (QED) is 0.800. The molecular weight excluding hydrogens is 256 g/mol. The van der Waals surface area contributed by atoms with Gasteiger partial charge in [0.1, 0.15) is 11.6 Å². The van der Waals surface area contributed by atoms with Gasteiger partial charge in [0.15, 0.2) is 5.69 Å². The second-order valence-corrected chi connectivity index (χ2v) is 4.75. The Kier molecular flexibility index (Phi) is 4.85. The number of carboxylic acid groups (broad SMARTS) is 1. The summed E-state index contributed by atoms with van der Waals surface area (Å²) in [6.45, 7) is 6.93. The van der Waals surface area contributed by atoms with Gasteiger partial charge in [-0.15, -0.1) is 11.3 Å². The van der Waals surface area contributed by atoms with Gasteiger partial charge >= 0.3 is 12.1 Å². The molecule has 1 amide bonds. The molecule has 1 aromatic rings. The average molecular weight is 270 g/mol. The maximum Gasteiger partial charge on any atom is 0.408 e. The van der Waals surface area contributed by atoms with Crippen LogP contribution in [-0.4, -0.2) is 28.8 Å². The van der Waals surface area contributed by atoms with Crippen LogP contribution in [0, 0.1) is 6.92 Å². The molecule has 1 heterocycles. The topological polar surface area (TPSA) is 88.5 Å². The summed E-state index contributed by atoms with van der Waals surface area (Å²) in [7, 11) is 0. The highest BCUT2D eigenvalue weighted by Gasteiger charge is 2.19. The predicted octanol–water partition coefficient (Wildman–Crippen LogP) is 2.12. The van der Waals surface area contributed by atoms with Crippen molar-refractivity contribution in [3.63, 3.8) is 0 Å². The third kappa shape index (κ3) is 3.56. The van der Waals surface area contributed by atoms with Gasteiger partial charge in [-0.1, -0.05) is 12.7 Å². The molecular formula is C11H14N2O4S. The summed E-state index contributed by atoms with van der Waals surface area (Å²) >= 11 is 1.23. The molecule has 0 bridgehead atoms. The summed E-state index contributed by atoms with van der Waals surface area (Å²) in [6.07, 6.45) is 0.868. The number of aromatic carboxylic acids is 1. The zero-order chi connectivity index (χ0) is 13.7. The normalized spacial score (nSPS) is 11.7. The number of rotatable bonds is 5.